The summed E-state index contributed by atoms with van der Waals surface area (Å²) in [4.78, 5) is 8.11. The molecule has 0 saturated heterocycles. The zero-order chi connectivity index (χ0) is 14.5. The lowest BCUT2D eigenvalue weighted by molar-refractivity contribution is -0.0498. The summed E-state index contributed by atoms with van der Waals surface area (Å²) in [6.45, 7) is -2.88. The van der Waals surface area contributed by atoms with Gasteiger partial charge in [0, 0.05) is 12.4 Å². The fourth-order valence-electron chi connectivity index (χ4n) is 1.75. The standard InChI is InChI=1S/C13H13F2N3O2/c1-19-12-11(17-5-6-18-12)10(16)8-3-2-4-9(7-8)20-13(14)15/h2-7,10,13H,16H2,1H3. The minimum atomic E-state index is -2.88. The number of aromatic nitrogens is 2. The average Bonchev–Trinajstić information content (AvgIpc) is 2.46. The first-order valence-corrected chi connectivity index (χ1v) is 5.77. The van der Waals surface area contributed by atoms with Gasteiger partial charge >= 0.3 is 6.61 Å². The van der Waals surface area contributed by atoms with Gasteiger partial charge in [-0.05, 0) is 17.7 Å². The Labute approximate surface area is 114 Å². The van der Waals surface area contributed by atoms with Crippen LogP contribution in [0.3, 0.4) is 0 Å². The molecular formula is C13H13F2N3O2. The van der Waals surface area contributed by atoms with Crippen molar-refractivity contribution in [1.29, 1.82) is 0 Å². The van der Waals surface area contributed by atoms with Crippen molar-refractivity contribution in [2.45, 2.75) is 12.7 Å². The molecule has 1 aromatic carbocycles. The van der Waals surface area contributed by atoms with E-state index in [1.807, 2.05) is 0 Å². The van der Waals surface area contributed by atoms with Gasteiger partial charge in [-0.1, -0.05) is 12.1 Å². The molecule has 5 nitrogen and oxygen atoms in total. The predicted octanol–water partition coefficient (Wildman–Crippen LogP) is 2.13. The lowest BCUT2D eigenvalue weighted by atomic mass is 10.0. The zero-order valence-corrected chi connectivity index (χ0v) is 10.7. The smallest absolute Gasteiger partial charge is 0.387 e. The fraction of sp³-hybridized carbons (Fsp3) is 0.231. The highest BCUT2D eigenvalue weighted by Crippen LogP contribution is 2.26. The van der Waals surface area contributed by atoms with Crippen LogP contribution in [0.2, 0.25) is 0 Å². The number of nitrogens with zero attached hydrogens (tertiary/aromatic N) is 2. The molecule has 7 heteroatoms. The number of ether oxygens (including phenoxy) is 2. The third-order valence-corrected chi connectivity index (χ3v) is 2.62. The van der Waals surface area contributed by atoms with E-state index in [9.17, 15) is 8.78 Å². The monoisotopic (exact) mass is 281 g/mol. The lowest BCUT2D eigenvalue weighted by Crippen LogP contribution is -2.15. The number of alkyl halides is 2. The topological polar surface area (TPSA) is 70.3 Å². The van der Waals surface area contributed by atoms with Gasteiger partial charge in [-0.15, -0.1) is 0 Å². The molecule has 0 fully saturated rings. The van der Waals surface area contributed by atoms with Crippen LogP contribution in [0.15, 0.2) is 36.7 Å². The van der Waals surface area contributed by atoms with E-state index in [1.165, 1.54) is 31.6 Å². The van der Waals surface area contributed by atoms with E-state index in [0.29, 0.717) is 17.1 Å². The van der Waals surface area contributed by atoms with E-state index in [0.717, 1.165) is 0 Å². The Morgan fingerprint density at radius 2 is 1.95 bits per heavy atom. The fourth-order valence-corrected chi connectivity index (χ4v) is 1.75. The molecule has 1 unspecified atom stereocenters. The molecule has 0 bridgehead atoms. The van der Waals surface area contributed by atoms with Gasteiger partial charge in [0.15, 0.2) is 0 Å². The van der Waals surface area contributed by atoms with Crippen molar-refractivity contribution in [2.75, 3.05) is 7.11 Å². The molecule has 2 aromatic rings. The molecule has 2 N–H and O–H groups in total. The molecule has 1 atom stereocenters. The molecule has 0 aliphatic heterocycles. The summed E-state index contributed by atoms with van der Waals surface area (Å²) >= 11 is 0. The SMILES string of the molecule is COc1nccnc1C(N)c1cccc(OC(F)F)c1. The Morgan fingerprint density at radius 3 is 2.65 bits per heavy atom. The number of nitrogens with two attached hydrogens (primary N) is 1. The second-order valence-electron chi connectivity index (χ2n) is 3.88. The largest absolute Gasteiger partial charge is 0.480 e. The van der Waals surface area contributed by atoms with E-state index in [1.54, 1.807) is 12.1 Å². The molecule has 106 valence electrons. The van der Waals surface area contributed by atoms with Crippen molar-refractivity contribution in [3.63, 3.8) is 0 Å². The van der Waals surface area contributed by atoms with Gasteiger partial charge in [-0.25, -0.2) is 4.98 Å². The highest BCUT2D eigenvalue weighted by molar-refractivity contribution is 5.36. The van der Waals surface area contributed by atoms with Crippen LogP contribution in [0, 0.1) is 0 Å². The van der Waals surface area contributed by atoms with Gasteiger partial charge in [0.1, 0.15) is 11.4 Å². The van der Waals surface area contributed by atoms with E-state index < -0.39 is 12.7 Å². The van der Waals surface area contributed by atoms with Crippen molar-refractivity contribution in [3.05, 3.63) is 47.9 Å². The Morgan fingerprint density at radius 1 is 1.20 bits per heavy atom. The summed E-state index contributed by atoms with van der Waals surface area (Å²) in [5.74, 6) is 0.330. The molecule has 0 spiro atoms. The van der Waals surface area contributed by atoms with Gasteiger partial charge in [-0.2, -0.15) is 8.78 Å². The molecule has 1 aromatic heterocycles. The summed E-state index contributed by atoms with van der Waals surface area (Å²) in [6.07, 6.45) is 2.96. The summed E-state index contributed by atoms with van der Waals surface area (Å²) < 4.78 is 33.8. The van der Waals surface area contributed by atoms with E-state index in [2.05, 4.69) is 14.7 Å². The first-order valence-electron chi connectivity index (χ1n) is 5.77. The number of rotatable bonds is 5. The summed E-state index contributed by atoms with van der Waals surface area (Å²) in [6, 6.07) is 5.48. The quantitative estimate of drug-likeness (QED) is 0.909. The van der Waals surface area contributed by atoms with Crippen molar-refractivity contribution in [3.8, 4) is 11.6 Å². The van der Waals surface area contributed by atoms with E-state index in [-0.39, 0.29) is 5.75 Å². The third kappa shape index (κ3) is 3.18. The average molecular weight is 281 g/mol. The Balaban J connectivity index is 2.30. The number of hydrogen-bond acceptors (Lipinski definition) is 5. The molecule has 0 saturated carbocycles. The van der Waals surface area contributed by atoms with Crippen LogP contribution in [-0.4, -0.2) is 23.7 Å². The van der Waals surface area contributed by atoms with Gasteiger partial charge in [0.25, 0.3) is 0 Å². The normalized spacial score (nSPS) is 12.2. The number of benzene rings is 1. The van der Waals surface area contributed by atoms with Gasteiger partial charge in [-0.3, -0.25) is 4.98 Å². The van der Waals surface area contributed by atoms with Crippen LogP contribution in [0.1, 0.15) is 17.3 Å². The molecule has 2 rings (SSSR count). The zero-order valence-electron chi connectivity index (χ0n) is 10.7. The second-order valence-corrected chi connectivity index (χ2v) is 3.88. The lowest BCUT2D eigenvalue weighted by Gasteiger charge is -2.14. The molecular weight excluding hydrogens is 268 g/mol. The van der Waals surface area contributed by atoms with E-state index in [4.69, 9.17) is 10.5 Å². The van der Waals surface area contributed by atoms with Gasteiger partial charge in [0.2, 0.25) is 5.88 Å². The van der Waals surface area contributed by atoms with Crippen molar-refractivity contribution >= 4 is 0 Å². The van der Waals surface area contributed by atoms with Gasteiger partial charge < -0.3 is 15.2 Å². The Hall–Kier alpha value is -2.28. The minimum Gasteiger partial charge on any atom is -0.480 e. The molecule has 0 aliphatic rings. The van der Waals surface area contributed by atoms with Gasteiger partial charge in [0.05, 0.1) is 13.2 Å². The maximum atomic E-state index is 12.2. The molecule has 0 amide bonds. The highest BCUT2D eigenvalue weighted by Gasteiger charge is 2.17. The Bertz CT molecular complexity index is 581. The first-order chi connectivity index (χ1) is 9.61. The molecule has 0 aliphatic carbocycles. The third-order valence-electron chi connectivity index (χ3n) is 2.62. The predicted molar refractivity (Wildman–Crippen MR) is 67.7 cm³/mol. The second kappa shape index (κ2) is 6.25. The maximum absolute atomic E-state index is 12.2. The van der Waals surface area contributed by atoms with Crippen LogP contribution in [0.25, 0.3) is 0 Å². The van der Waals surface area contributed by atoms with Crippen LogP contribution < -0.4 is 15.2 Å². The van der Waals surface area contributed by atoms with Crippen molar-refractivity contribution < 1.29 is 18.3 Å². The first kappa shape index (κ1) is 14.1. The van der Waals surface area contributed by atoms with Crippen molar-refractivity contribution in [1.82, 2.24) is 9.97 Å². The molecule has 1 heterocycles. The Kier molecular flexibility index (Phi) is 4.41. The van der Waals surface area contributed by atoms with E-state index >= 15 is 0 Å². The minimum absolute atomic E-state index is 0.0378. The highest BCUT2D eigenvalue weighted by atomic mass is 19.3. The summed E-state index contributed by atoms with van der Waals surface area (Å²) in [5, 5.41) is 0. The molecule has 20 heavy (non-hydrogen) atoms. The number of methoxy groups -OCH3 is 1. The number of hydrogen-bond donors (Lipinski definition) is 1. The van der Waals surface area contributed by atoms with Crippen molar-refractivity contribution in [2.24, 2.45) is 5.73 Å². The summed E-state index contributed by atoms with van der Waals surface area (Å²) in [5.41, 5.74) is 7.06. The van der Waals surface area contributed by atoms with Crippen LogP contribution in [-0.2, 0) is 0 Å². The van der Waals surface area contributed by atoms with Crippen LogP contribution in [0.4, 0.5) is 8.78 Å². The maximum Gasteiger partial charge on any atom is 0.387 e. The number of halogens is 2. The van der Waals surface area contributed by atoms with Crippen LogP contribution >= 0.6 is 0 Å². The molecule has 0 radical (unpaired) electrons. The van der Waals surface area contributed by atoms with Crippen LogP contribution in [0.5, 0.6) is 11.6 Å². The summed E-state index contributed by atoms with van der Waals surface area (Å²) in [7, 11) is 1.45.